The molecule has 1 amide bonds. The molecule has 1 aliphatic rings. The number of fused-ring (bicyclic) bond motifs is 2. The summed E-state index contributed by atoms with van der Waals surface area (Å²) < 4.78 is 1.91. The molecule has 0 spiro atoms. The van der Waals surface area contributed by atoms with Crippen LogP contribution in [0.4, 0.5) is 5.69 Å². The van der Waals surface area contributed by atoms with Crippen LogP contribution < -0.4 is 5.32 Å². The van der Waals surface area contributed by atoms with E-state index in [1.165, 1.54) is 0 Å². The van der Waals surface area contributed by atoms with Crippen molar-refractivity contribution in [1.29, 1.82) is 0 Å². The van der Waals surface area contributed by atoms with Crippen molar-refractivity contribution in [2.24, 2.45) is 0 Å². The van der Waals surface area contributed by atoms with E-state index in [0.717, 1.165) is 35.4 Å². The number of hydrogen-bond acceptors (Lipinski definition) is 3. The average molecular weight is 321 g/mol. The molecule has 4 rings (SSSR count). The van der Waals surface area contributed by atoms with Gasteiger partial charge >= 0.3 is 0 Å². The minimum Gasteiger partial charge on any atom is -0.388 e. The SMILES string of the molecule is Cc1cc(C)n2ccc(C(=O)Nc3ccc4c(c3)C(O)CC4)c2n1. The van der Waals surface area contributed by atoms with Gasteiger partial charge in [-0.15, -0.1) is 0 Å². The molecule has 5 nitrogen and oxygen atoms in total. The molecule has 0 saturated heterocycles. The smallest absolute Gasteiger partial charge is 0.259 e. The summed E-state index contributed by atoms with van der Waals surface area (Å²) in [5.41, 5.74) is 5.89. The second-order valence-corrected chi connectivity index (χ2v) is 6.38. The lowest BCUT2D eigenvalue weighted by molar-refractivity contribution is 0.102. The third-order valence-corrected chi connectivity index (χ3v) is 4.63. The van der Waals surface area contributed by atoms with E-state index in [-0.39, 0.29) is 5.91 Å². The zero-order chi connectivity index (χ0) is 16.8. The summed E-state index contributed by atoms with van der Waals surface area (Å²) in [5, 5.41) is 12.9. The summed E-state index contributed by atoms with van der Waals surface area (Å²) >= 11 is 0. The highest BCUT2D eigenvalue weighted by atomic mass is 16.3. The van der Waals surface area contributed by atoms with Crippen molar-refractivity contribution in [2.75, 3.05) is 5.32 Å². The van der Waals surface area contributed by atoms with Gasteiger partial charge in [0.2, 0.25) is 0 Å². The maximum absolute atomic E-state index is 12.7. The highest BCUT2D eigenvalue weighted by Gasteiger charge is 2.21. The normalized spacial score (nSPS) is 16.4. The molecule has 2 aromatic heterocycles. The van der Waals surface area contributed by atoms with Gasteiger partial charge in [-0.05, 0) is 62.1 Å². The van der Waals surface area contributed by atoms with Crippen molar-refractivity contribution in [1.82, 2.24) is 9.38 Å². The van der Waals surface area contributed by atoms with Crippen molar-refractivity contribution < 1.29 is 9.90 Å². The minimum absolute atomic E-state index is 0.192. The molecule has 0 fully saturated rings. The number of hydrogen-bond donors (Lipinski definition) is 2. The van der Waals surface area contributed by atoms with Gasteiger partial charge in [-0.1, -0.05) is 6.07 Å². The average Bonchev–Trinajstić information content (AvgIpc) is 3.12. The number of amides is 1. The minimum atomic E-state index is -0.431. The molecular weight excluding hydrogens is 302 g/mol. The van der Waals surface area contributed by atoms with Gasteiger partial charge < -0.3 is 14.8 Å². The van der Waals surface area contributed by atoms with E-state index in [4.69, 9.17) is 0 Å². The molecule has 0 aliphatic heterocycles. The number of aliphatic hydroxyl groups is 1. The fourth-order valence-corrected chi connectivity index (χ4v) is 3.43. The Kier molecular flexibility index (Phi) is 3.39. The number of aryl methyl sites for hydroxylation is 3. The Bertz CT molecular complexity index is 959. The van der Waals surface area contributed by atoms with Crippen LogP contribution in [-0.2, 0) is 6.42 Å². The zero-order valence-electron chi connectivity index (χ0n) is 13.7. The third-order valence-electron chi connectivity index (χ3n) is 4.63. The first-order valence-corrected chi connectivity index (χ1v) is 8.10. The standard InChI is InChI=1S/C19H19N3O2/c1-11-9-12(2)22-8-7-15(18(22)20-11)19(24)21-14-5-3-13-4-6-17(23)16(13)10-14/h3,5,7-10,17,23H,4,6H2,1-2H3,(H,21,24). The van der Waals surface area contributed by atoms with Crippen LogP contribution in [0.1, 0.15) is 45.4 Å². The quantitative estimate of drug-likeness (QED) is 0.762. The molecule has 2 heterocycles. The third kappa shape index (κ3) is 2.37. The summed E-state index contributed by atoms with van der Waals surface area (Å²) in [4.78, 5) is 17.2. The highest BCUT2D eigenvalue weighted by molar-refractivity contribution is 6.08. The summed E-state index contributed by atoms with van der Waals surface area (Å²) in [6, 6.07) is 9.50. The summed E-state index contributed by atoms with van der Waals surface area (Å²) in [7, 11) is 0. The predicted molar refractivity (Wildman–Crippen MR) is 92.3 cm³/mol. The van der Waals surface area contributed by atoms with Crippen LogP contribution in [0.2, 0.25) is 0 Å². The molecule has 0 bridgehead atoms. The number of carbonyl (C=O) groups is 1. The lowest BCUT2D eigenvalue weighted by Gasteiger charge is -2.09. The Hall–Kier alpha value is -2.66. The van der Waals surface area contributed by atoms with Gasteiger partial charge in [0.15, 0.2) is 0 Å². The molecule has 1 aromatic carbocycles. The number of aromatic nitrogens is 2. The second kappa shape index (κ2) is 5.46. The van der Waals surface area contributed by atoms with Crippen molar-refractivity contribution in [3.63, 3.8) is 0 Å². The molecule has 1 atom stereocenters. The second-order valence-electron chi connectivity index (χ2n) is 6.38. The number of nitrogens with one attached hydrogen (secondary N) is 1. The van der Waals surface area contributed by atoms with Gasteiger partial charge in [0.25, 0.3) is 5.91 Å². The number of anilines is 1. The van der Waals surface area contributed by atoms with E-state index in [0.29, 0.717) is 16.9 Å². The molecule has 122 valence electrons. The first kappa shape index (κ1) is 14.9. The van der Waals surface area contributed by atoms with E-state index >= 15 is 0 Å². The molecule has 5 heteroatoms. The lowest BCUT2D eigenvalue weighted by Crippen LogP contribution is -2.13. The fourth-order valence-electron chi connectivity index (χ4n) is 3.43. The van der Waals surface area contributed by atoms with Crippen molar-refractivity contribution >= 4 is 17.2 Å². The molecule has 0 radical (unpaired) electrons. The number of rotatable bonds is 2. The Morgan fingerprint density at radius 2 is 2.12 bits per heavy atom. The largest absolute Gasteiger partial charge is 0.388 e. The number of carbonyl (C=O) groups excluding carboxylic acids is 1. The summed E-state index contributed by atoms with van der Waals surface area (Å²) in [6.45, 7) is 3.91. The zero-order valence-corrected chi connectivity index (χ0v) is 13.7. The molecule has 0 saturated carbocycles. The van der Waals surface area contributed by atoms with Gasteiger partial charge in [-0.3, -0.25) is 4.79 Å². The topological polar surface area (TPSA) is 66.6 Å². The van der Waals surface area contributed by atoms with E-state index in [9.17, 15) is 9.90 Å². The van der Waals surface area contributed by atoms with Crippen LogP contribution >= 0.6 is 0 Å². The van der Waals surface area contributed by atoms with Crippen LogP contribution in [0.25, 0.3) is 5.65 Å². The lowest BCUT2D eigenvalue weighted by atomic mass is 10.1. The van der Waals surface area contributed by atoms with Crippen LogP contribution in [0.5, 0.6) is 0 Å². The Morgan fingerprint density at radius 1 is 1.29 bits per heavy atom. The van der Waals surface area contributed by atoms with Gasteiger partial charge in [0.05, 0.1) is 11.7 Å². The molecular formula is C19H19N3O2. The molecule has 24 heavy (non-hydrogen) atoms. The summed E-state index contributed by atoms with van der Waals surface area (Å²) in [5.74, 6) is -0.192. The Labute approximate surface area is 140 Å². The predicted octanol–water partition coefficient (Wildman–Crippen LogP) is 3.18. The maximum atomic E-state index is 12.7. The van der Waals surface area contributed by atoms with Gasteiger partial charge in [0.1, 0.15) is 5.65 Å². The van der Waals surface area contributed by atoms with Gasteiger partial charge in [-0.2, -0.15) is 0 Å². The molecule has 1 aliphatic carbocycles. The van der Waals surface area contributed by atoms with E-state index in [2.05, 4.69) is 10.3 Å². The highest BCUT2D eigenvalue weighted by Crippen LogP contribution is 2.33. The van der Waals surface area contributed by atoms with E-state index in [1.54, 1.807) is 6.07 Å². The van der Waals surface area contributed by atoms with Gasteiger partial charge in [-0.25, -0.2) is 4.98 Å². The molecule has 1 unspecified atom stereocenters. The number of nitrogens with zero attached hydrogens (tertiary/aromatic N) is 2. The Balaban J connectivity index is 1.67. The fraction of sp³-hybridized carbons (Fsp3) is 0.263. The van der Waals surface area contributed by atoms with Crippen molar-refractivity contribution in [3.05, 3.63) is 64.6 Å². The molecule has 2 N–H and O–H groups in total. The van der Waals surface area contributed by atoms with Crippen LogP contribution in [0.3, 0.4) is 0 Å². The first-order chi connectivity index (χ1) is 11.5. The van der Waals surface area contributed by atoms with Crippen LogP contribution in [-0.4, -0.2) is 20.4 Å². The van der Waals surface area contributed by atoms with Crippen LogP contribution in [0.15, 0.2) is 36.5 Å². The van der Waals surface area contributed by atoms with E-state index < -0.39 is 6.10 Å². The number of aliphatic hydroxyl groups excluding tert-OH is 1. The first-order valence-electron chi connectivity index (χ1n) is 8.10. The van der Waals surface area contributed by atoms with Crippen molar-refractivity contribution in [3.8, 4) is 0 Å². The molecule has 3 aromatic rings. The number of benzene rings is 1. The Morgan fingerprint density at radius 3 is 2.96 bits per heavy atom. The monoisotopic (exact) mass is 321 g/mol. The maximum Gasteiger partial charge on any atom is 0.259 e. The van der Waals surface area contributed by atoms with Crippen LogP contribution in [0, 0.1) is 13.8 Å². The van der Waals surface area contributed by atoms with Crippen molar-refractivity contribution in [2.45, 2.75) is 32.8 Å². The van der Waals surface area contributed by atoms with E-state index in [1.807, 2.05) is 48.7 Å². The summed E-state index contributed by atoms with van der Waals surface area (Å²) in [6.07, 6.45) is 3.06. The van der Waals surface area contributed by atoms with Gasteiger partial charge in [0, 0.05) is 23.3 Å².